The molecule has 0 aliphatic rings. The summed E-state index contributed by atoms with van der Waals surface area (Å²) in [6.45, 7) is 4.99. The average Bonchev–Trinajstić information content (AvgIpc) is 2.67. The summed E-state index contributed by atoms with van der Waals surface area (Å²) in [6.07, 6.45) is 4.58. The normalized spacial score (nSPS) is 11.8. The van der Waals surface area contributed by atoms with Crippen molar-refractivity contribution in [2.45, 2.75) is 26.3 Å². The smallest absolute Gasteiger partial charge is 0.227 e. The quantitative estimate of drug-likeness (QED) is 0.699. The Balaban J connectivity index is 1.68. The molecule has 0 saturated heterocycles. The highest BCUT2D eigenvalue weighted by atomic mass is 15.2. The number of nitrogens with one attached hydrogen (secondary N) is 1. The zero-order valence-electron chi connectivity index (χ0n) is 15.6. The van der Waals surface area contributed by atoms with Crippen LogP contribution in [0.25, 0.3) is 0 Å². The molecule has 5 nitrogen and oxygen atoms in total. The number of pyridine rings is 1. The summed E-state index contributed by atoms with van der Waals surface area (Å²) < 4.78 is 0. The maximum atomic E-state index is 4.70. The first-order valence-corrected chi connectivity index (χ1v) is 8.89. The zero-order chi connectivity index (χ0) is 18.4. The van der Waals surface area contributed by atoms with E-state index in [0.29, 0.717) is 0 Å². The van der Waals surface area contributed by atoms with E-state index >= 15 is 0 Å². The number of hydrogen-bond donors (Lipinski definition) is 1. The summed E-state index contributed by atoms with van der Waals surface area (Å²) in [7, 11) is 2.03. The molecule has 2 aromatic heterocycles. The molecule has 1 N–H and O–H groups in total. The second kappa shape index (κ2) is 8.43. The molecular formula is C21H25N5. The van der Waals surface area contributed by atoms with Crippen molar-refractivity contribution in [1.29, 1.82) is 0 Å². The molecule has 0 fully saturated rings. The molecule has 1 aromatic carbocycles. The Morgan fingerprint density at radius 2 is 1.77 bits per heavy atom. The summed E-state index contributed by atoms with van der Waals surface area (Å²) in [5.74, 6) is 1.58. The average molecular weight is 347 g/mol. The second-order valence-corrected chi connectivity index (χ2v) is 6.50. The van der Waals surface area contributed by atoms with Crippen LogP contribution in [-0.2, 0) is 6.42 Å². The number of rotatable bonds is 7. The van der Waals surface area contributed by atoms with Crippen LogP contribution in [-0.4, -0.2) is 28.5 Å². The van der Waals surface area contributed by atoms with Crippen LogP contribution in [0.3, 0.4) is 0 Å². The highest BCUT2D eigenvalue weighted by molar-refractivity contribution is 5.45. The molecular weight excluding hydrogens is 322 g/mol. The molecule has 0 amide bonds. The van der Waals surface area contributed by atoms with Gasteiger partial charge < -0.3 is 10.2 Å². The SMILES string of the molecule is Cc1cc(NC(C)c2ccccc2)nc(N(C)CCc2ccncc2)n1. The number of nitrogens with zero attached hydrogens (tertiary/aromatic N) is 4. The van der Waals surface area contributed by atoms with Gasteiger partial charge in [0, 0.05) is 43.8 Å². The van der Waals surface area contributed by atoms with Crippen LogP contribution in [0.15, 0.2) is 60.9 Å². The lowest BCUT2D eigenvalue weighted by Crippen LogP contribution is -2.23. The Hall–Kier alpha value is -2.95. The van der Waals surface area contributed by atoms with Crippen molar-refractivity contribution in [1.82, 2.24) is 15.0 Å². The molecule has 0 spiro atoms. The summed E-state index contributed by atoms with van der Waals surface area (Å²) in [6, 6.07) is 16.6. The standard InChI is InChI=1S/C21H25N5/c1-16-15-20(24-17(2)19-7-5-4-6-8-19)25-21(23-16)26(3)14-11-18-9-12-22-13-10-18/h4-10,12-13,15,17H,11,14H2,1-3H3,(H,23,24,25). The second-order valence-electron chi connectivity index (χ2n) is 6.50. The Morgan fingerprint density at radius 1 is 1.04 bits per heavy atom. The number of aromatic nitrogens is 3. The van der Waals surface area contributed by atoms with Crippen molar-refractivity contribution >= 4 is 11.8 Å². The number of aryl methyl sites for hydroxylation is 1. The summed E-state index contributed by atoms with van der Waals surface area (Å²) in [4.78, 5) is 15.4. The van der Waals surface area contributed by atoms with Crippen LogP contribution in [0.5, 0.6) is 0 Å². The Labute approximate surface area is 155 Å². The molecule has 0 radical (unpaired) electrons. The molecule has 1 unspecified atom stereocenters. The van der Waals surface area contributed by atoms with Crippen LogP contribution in [0, 0.1) is 6.92 Å². The minimum atomic E-state index is 0.181. The Morgan fingerprint density at radius 3 is 2.50 bits per heavy atom. The van der Waals surface area contributed by atoms with E-state index in [-0.39, 0.29) is 6.04 Å². The first-order valence-electron chi connectivity index (χ1n) is 8.89. The lowest BCUT2D eigenvalue weighted by molar-refractivity contribution is 0.822. The molecule has 2 heterocycles. The fourth-order valence-electron chi connectivity index (χ4n) is 2.79. The van der Waals surface area contributed by atoms with Gasteiger partial charge in [0.1, 0.15) is 5.82 Å². The number of benzene rings is 1. The third kappa shape index (κ3) is 4.79. The molecule has 5 heteroatoms. The van der Waals surface area contributed by atoms with E-state index < -0.39 is 0 Å². The van der Waals surface area contributed by atoms with Gasteiger partial charge in [0.2, 0.25) is 5.95 Å². The summed E-state index contributed by atoms with van der Waals surface area (Å²) in [5.41, 5.74) is 3.44. The minimum absolute atomic E-state index is 0.181. The molecule has 0 bridgehead atoms. The summed E-state index contributed by atoms with van der Waals surface area (Å²) >= 11 is 0. The lowest BCUT2D eigenvalue weighted by Gasteiger charge is -2.20. The predicted octanol–water partition coefficient (Wildman–Crippen LogP) is 4.03. The van der Waals surface area contributed by atoms with Crippen molar-refractivity contribution in [3.05, 3.63) is 77.7 Å². The zero-order valence-corrected chi connectivity index (χ0v) is 15.6. The Kier molecular flexibility index (Phi) is 5.79. The van der Waals surface area contributed by atoms with Gasteiger partial charge >= 0.3 is 0 Å². The van der Waals surface area contributed by atoms with Crippen molar-refractivity contribution < 1.29 is 0 Å². The van der Waals surface area contributed by atoms with Crippen molar-refractivity contribution in [2.24, 2.45) is 0 Å². The van der Waals surface area contributed by atoms with Gasteiger partial charge in [-0.05, 0) is 43.5 Å². The highest BCUT2D eigenvalue weighted by Crippen LogP contribution is 2.20. The topological polar surface area (TPSA) is 53.9 Å². The van der Waals surface area contributed by atoms with E-state index in [4.69, 9.17) is 4.98 Å². The van der Waals surface area contributed by atoms with Gasteiger partial charge in [-0.3, -0.25) is 4.98 Å². The van der Waals surface area contributed by atoms with Gasteiger partial charge in [-0.1, -0.05) is 30.3 Å². The van der Waals surface area contributed by atoms with E-state index in [1.54, 1.807) is 0 Å². The van der Waals surface area contributed by atoms with Crippen LogP contribution in [0.2, 0.25) is 0 Å². The van der Waals surface area contributed by atoms with E-state index in [0.717, 1.165) is 30.4 Å². The molecule has 0 aliphatic carbocycles. The first kappa shape index (κ1) is 17.9. The lowest BCUT2D eigenvalue weighted by atomic mass is 10.1. The third-order valence-corrected chi connectivity index (χ3v) is 4.33. The molecule has 0 saturated carbocycles. The van der Waals surface area contributed by atoms with E-state index in [2.05, 4.69) is 51.4 Å². The van der Waals surface area contributed by atoms with Gasteiger partial charge in [-0.25, -0.2) is 4.98 Å². The molecule has 26 heavy (non-hydrogen) atoms. The van der Waals surface area contributed by atoms with Gasteiger partial charge in [0.15, 0.2) is 0 Å². The van der Waals surface area contributed by atoms with Crippen LogP contribution < -0.4 is 10.2 Å². The van der Waals surface area contributed by atoms with Crippen LogP contribution in [0.4, 0.5) is 11.8 Å². The minimum Gasteiger partial charge on any atom is -0.363 e. The first-order chi connectivity index (χ1) is 12.6. The molecule has 3 aromatic rings. The van der Waals surface area contributed by atoms with Crippen LogP contribution >= 0.6 is 0 Å². The number of likely N-dealkylation sites (N-methyl/N-ethyl adjacent to an activating group) is 1. The largest absolute Gasteiger partial charge is 0.363 e. The van der Waals surface area contributed by atoms with Gasteiger partial charge in [-0.2, -0.15) is 4.98 Å². The molecule has 3 rings (SSSR count). The molecule has 1 atom stereocenters. The maximum absolute atomic E-state index is 4.70. The fraction of sp³-hybridized carbons (Fsp3) is 0.286. The molecule has 134 valence electrons. The highest BCUT2D eigenvalue weighted by Gasteiger charge is 2.10. The van der Waals surface area contributed by atoms with Crippen LogP contribution in [0.1, 0.15) is 29.8 Å². The van der Waals surface area contributed by atoms with Crippen molar-refractivity contribution in [3.8, 4) is 0 Å². The Bertz CT molecular complexity index is 820. The fourth-order valence-corrected chi connectivity index (χ4v) is 2.79. The molecule has 0 aliphatic heterocycles. The third-order valence-electron chi connectivity index (χ3n) is 4.33. The predicted molar refractivity (Wildman–Crippen MR) is 106 cm³/mol. The van der Waals surface area contributed by atoms with E-state index in [9.17, 15) is 0 Å². The number of anilines is 2. The van der Waals surface area contributed by atoms with E-state index in [1.807, 2.05) is 50.6 Å². The van der Waals surface area contributed by atoms with Crippen molar-refractivity contribution in [3.63, 3.8) is 0 Å². The van der Waals surface area contributed by atoms with Gasteiger partial charge in [0.25, 0.3) is 0 Å². The number of hydrogen-bond acceptors (Lipinski definition) is 5. The van der Waals surface area contributed by atoms with Gasteiger partial charge in [-0.15, -0.1) is 0 Å². The van der Waals surface area contributed by atoms with Gasteiger partial charge in [0.05, 0.1) is 0 Å². The van der Waals surface area contributed by atoms with E-state index in [1.165, 1.54) is 11.1 Å². The maximum Gasteiger partial charge on any atom is 0.227 e. The van der Waals surface area contributed by atoms with Crippen molar-refractivity contribution in [2.75, 3.05) is 23.8 Å². The monoisotopic (exact) mass is 347 g/mol. The summed E-state index contributed by atoms with van der Waals surface area (Å²) in [5, 5.41) is 3.48.